The van der Waals surface area contributed by atoms with Crippen molar-refractivity contribution in [2.24, 2.45) is 0 Å². The van der Waals surface area contributed by atoms with Gasteiger partial charge in [-0.25, -0.2) is 19.0 Å². The molecule has 3 aromatic rings. The summed E-state index contributed by atoms with van der Waals surface area (Å²) in [4.78, 5) is 26.9. The van der Waals surface area contributed by atoms with E-state index in [2.05, 4.69) is 35.1 Å². The molecule has 0 aromatic carbocycles. The second-order valence-corrected chi connectivity index (χ2v) is 10.9. The lowest BCUT2D eigenvalue weighted by atomic mass is 9.79. The lowest BCUT2D eigenvalue weighted by Crippen LogP contribution is -2.66. The molecule has 45 heavy (non-hydrogen) atoms. The van der Waals surface area contributed by atoms with Crippen molar-refractivity contribution >= 4 is 11.9 Å². The number of aromatic amines is 1. The third-order valence-electron chi connectivity index (χ3n) is 6.35. The molecule has 244 valence electrons. The summed E-state index contributed by atoms with van der Waals surface area (Å²) in [5.74, 6) is -12.4. The summed E-state index contributed by atoms with van der Waals surface area (Å²) < 4.78 is 122. The number of hydrogen-bond donors (Lipinski definition) is 3. The second kappa shape index (κ2) is 11.4. The number of carbonyl (C=O) groups excluding carboxylic acids is 2. The van der Waals surface area contributed by atoms with Crippen LogP contribution in [-0.4, -0.2) is 78.1 Å². The van der Waals surface area contributed by atoms with Crippen molar-refractivity contribution in [1.29, 1.82) is 0 Å². The van der Waals surface area contributed by atoms with Crippen LogP contribution in [0.15, 0.2) is 18.3 Å². The molecular formula is C25H22F8N6O6. The highest BCUT2D eigenvalue weighted by Crippen LogP contribution is 2.48. The maximum Gasteiger partial charge on any atom is 0.491 e. The first-order chi connectivity index (χ1) is 20.6. The normalized spacial score (nSPS) is 19.6. The Balaban J connectivity index is 1.83. The van der Waals surface area contributed by atoms with Gasteiger partial charge in [-0.3, -0.25) is 5.10 Å². The molecule has 0 bridgehead atoms. The van der Waals surface area contributed by atoms with Gasteiger partial charge in [-0.2, -0.15) is 35.8 Å². The van der Waals surface area contributed by atoms with E-state index in [9.17, 15) is 45.4 Å². The number of piperidine rings is 1. The van der Waals surface area contributed by atoms with Crippen molar-refractivity contribution < 1.29 is 64.0 Å². The van der Waals surface area contributed by atoms with E-state index < -0.39 is 93.5 Å². The smallest absolute Gasteiger partial charge is 0.491 e. The fourth-order valence-corrected chi connectivity index (χ4v) is 4.69. The molecule has 1 aliphatic rings. The molecular weight excluding hydrogens is 632 g/mol. The molecule has 3 aromatic heterocycles. The van der Waals surface area contributed by atoms with Crippen molar-refractivity contribution in [3.8, 4) is 45.8 Å². The van der Waals surface area contributed by atoms with Crippen LogP contribution in [0.1, 0.15) is 34.1 Å². The minimum atomic E-state index is -5.73. The number of hydrogen-bond acceptors (Lipinski definition) is 11. The molecule has 20 heteroatoms. The number of aromatic nitrogens is 5. The first-order valence-electron chi connectivity index (χ1n) is 12.6. The average Bonchev–Trinajstić information content (AvgIpc) is 3.32. The van der Waals surface area contributed by atoms with Gasteiger partial charge in [0.1, 0.15) is 17.5 Å². The molecule has 12 nitrogen and oxygen atoms in total. The Labute approximate surface area is 247 Å². The van der Waals surface area contributed by atoms with Crippen LogP contribution >= 0.6 is 0 Å². The zero-order chi connectivity index (χ0) is 33.7. The predicted molar refractivity (Wildman–Crippen MR) is 133 cm³/mol. The van der Waals surface area contributed by atoms with Crippen LogP contribution in [0.2, 0.25) is 0 Å². The Kier molecular flexibility index (Phi) is 8.42. The predicted octanol–water partition coefficient (Wildman–Crippen LogP) is 4.34. The number of carbonyl (C=O) groups is 2. The van der Waals surface area contributed by atoms with Crippen molar-refractivity contribution in [3.63, 3.8) is 0 Å². The molecule has 0 aliphatic carbocycles. The third kappa shape index (κ3) is 7.04. The quantitative estimate of drug-likeness (QED) is 0.256. The molecule has 4 rings (SSSR count). The van der Waals surface area contributed by atoms with Gasteiger partial charge in [-0.1, -0.05) is 0 Å². The minimum Gasteiger partial charge on any atom is -0.503 e. The average molecular weight is 654 g/mol. The van der Waals surface area contributed by atoms with Crippen LogP contribution in [0.25, 0.3) is 22.5 Å². The first-order valence-corrected chi connectivity index (χ1v) is 12.6. The summed E-state index contributed by atoms with van der Waals surface area (Å²) in [6, 6.07) is 2.02. The van der Waals surface area contributed by atoms with E-state index in [1.165, 1.54) is 0 Å². The number of nitrogens with zero attached hydrogens (tertiary/aromatic N) is 4. The molecule has 1 fully saturated rings. The highest BCUT2D eigenvalue weighted by Gasteiger charge is 2.48. The number of alkyl halides is 7. The maximum absolute atomic E-state index is 15.1. The van der Waals surface area contributed by atoms with Crippen molar-refractivity contribution in [2.75, 3.05) is 0 Å². The van der Waals surface area contributed by atoms with E-state index in [-0.39, 0.29) is 12.3 Å². The second-order valence-electron chi connectivity index (χ2n) is 10.9. The van der Waals surface area contributed by atoms with E-state index in [1.807, 2.05) is 13.8 Å². The van der Waals surface area contributed by atoms with Gasteiger partial charge in [-0.05, 0) is 33.8 Å². The molecule has 1 aliphatic heterocycles. The largest absolute Gasteiger partial charge is 0.503 e. The van der Waals surface area contributed by atoms with Crippen LogP contribution in [0, 0.1) is 5.95 Å². The zero-order valence-corrected chi connectivity index (χ0v) is 23.4. The summed E-state index contributed by atoms with van der Waals surface area (Å²) in [6.45, 7) is 6.85. The molecule has 2 atom stereocenters. The fraction of sp³-hybridized carbons (Fsp3) is 0.440. The Morgan fingerprint density at radius 2 is 1.62 bits per heavy atom. The Bertz CT molecular complexity index is 1610. The van der Waals surface area contributed by atoms with Crippen LogP contribution < -0.4 is 19.5 Å². The molecule has 0 saturated carbocycles. The molecule has 0 spiro atoms. The van der Waals surface area contributed by atoms with Crippen molar-refractivity contribution in [1.82, 2.24) is 30.7 Å². The van der Waals surface area contributed by atoms with E-state index >= 15 is 4.39 Å². The molecule has 4 heterocycles. The number of esters is 2. The van der Waals surface area contributed by atoms with E-state index in [1.54, 1.807) is 18.9 Å². The highest BCUT2D eigenvalue weighted by molar-refractivity contribution is 5.89. The molecule has 0 unspecified atom stereocenters. The number of pyridine rings is 1. The summed E-state index contributed by atoms with van der Waals surface area (Å²) in [5.41, 5.74) is -5.54. The standard InChI is InChI=1S/C25H22F8N6O6/c1-22(2)7-11(17(26)23(3,4)39-22)43-12-6-5-10(36-37-12)14-15(40)16(44-20(41)24(28,29)30)13(9-8-34-38-18(9)27)19(35-14)45-21(42)25(31,32)33/h5-6,8,11,17,39-40H,7H2,1-4H3,(H,34,38)/t11-,17-/m1/s1. The molecule has 0 amide bonds. The number of H-pyrrole nitrogens is 1. The summed E-state index contributed by atoms with van der Waals surface area (Å²) in [6.07, 6.45) is -13.3. The molecule has 0 radical (unpaired) electrons. The van der Waals surface area contributed by atoms with Gasteiger partial charge in [0, 0.05) is 23.6 Å². The Hall–Kier alpha value is -4.62. The van der Waals surface area contributed by atoms with Gasteiger partial charge in [-0.15, -0.1) is 10.2 Å². The van der Waals surface area contributed by atoms with Crippen LogP contribution in [-0.2, 0) is 9.59 Å². The number of nitrogens with one attached hydrogen (secondary N) is 2. The lowest BCUT2D eigenvalue weighted by Gasteiger charge is -2.48. The number of aromatic hydroxyl groups is 1. The van der Waals surface area contributed by atoms with Gasteiger partial charge in [0.2, 0.25) is 17.7 Å². The molecule has 3 N–H and O–H groups in total. The van der Waals surface area contributed by atoms with Crippen LogP contribution in [0.4, 0.5) is 35.1 Å². The van der Waals surface area contributed by atoms with Gasteiger partial charge >= 0.3 is 24.3 Å². The molecule has 1 saturated heterocycles. The Morgan fingerprint density at radius 1 is 1.00 bits per heavy atom. The van der Waals surface area contributed by atoms with Gasteiger partial charge in [0.25, 0.3) is 0 Å². The topological polar surface area (TPSA) is 161 Å². The zero-order valence-electron chi connectivity index (χ0n) is 23.4. The highest BCUT2D eigenvalue weighted by atomic mass is 19.4. The third-order valence-corrected chi connectivity index (χ3v) is 6.35. The van der Waals surface area contributed by atoms with E-state index in [0.29, 0.717) is 6.20 Å². The number of ether oxygens (including phenoxy) is 3. The monoisotopic (exact) mass is 654 g/mol. The summed E-state index contributed by atoms with van der Waals surface area (Å²) >= 11 is 0. The van der Waals surface area contributed by atoms with Crippen molar-refractivity contribution in [2.45, 2.75) is 69.8 Å². The van der Waals surface area contributed by atoms with Gasteiger partial charge in [0.05, 0.1) is 17.3 Å². The number of halogens is 8. The first kappa shape index (κ1) is 33.3. The Morgan fingerprint density at radius 3 is 2.16 bits per heavy atom. The maximum atomic E-state index is 15.1. The fourth-order valence-electron chi connectivity index (χ4n) is 4.69. The summed E-state index contributed by atoms with van der Waals surface area (Å²) in [7, 11) is 0. The van der Waals surface area contributed by atoms with Gasteiger partial charge in [0.15, 0.2) is 17.7 Å². The van der Waals surface area contributed by atoms with Gasteiger partial charge < -0.3 is 24.6 Å². The number of rotatable bonds is 6. The minimum absolute atomic E-state index is 0.178. The summed E-state index contributed by atoms with van der Waals surface area (Å²) in [5, 5.41) is 26.3. The SMILES string of the molecule is CC1(C)C[C@@H](Oc2ccc(-c3nc(OC(=O)C(F)(F)F)c(-c4cn[nH]c4F)c(OC(=O)C(F)(F)F)c3O)nn2)[C@@H](F)C(C)(C)N1. The van der Waals surface area contributed by atoms with Crippen molar-refractivity contribution in [3.05, 3.63) is 24.3 Å². The van der Waals surface area contributed by atoms with E-state index in [0.717, 1.165) is 12.1 Å². The van der Waals surface area contributed by atoms with E-state index in [4.69, 9.17) is 4.74 Å². The van der Waals surface area contributed by atoms with Crippen LogP contribution in [0.3, 0.4) is 0 Å². The van der Waals surface area contributed by atoms with Crippen LogP contribution in [0.5, 0.6) is 23.3 Å². The lowest BCUT2D eigenvalue weighted by molar-refractivity contribution is -0.190.